The van der Waals surface area contributed by atoms with Gasteiger partial charge >= 0.3 is 6.61 Å². The van der Waals surface area contributed by atoms with Crippen LogP contribution in [-0.4, -0.2) is 65.4 Å². The molecule has 2 aromatic carbocycles. The van der Waals surface area contributed by atoms with E-state index in [9.17, 15) is 23.2 Å². The van der Waals surface area contributed by atoms with Crippen molar-refractivity contribution in [1.82, 2.24) is 15.1 Å². The summed E-state index contributed by atoms with van der Waals surface area (Å²) in [5, 5.41) is 2.33. The quantitative estimate of drug-likeness (QED) is 0.538. The van der Waals surface area contributed by atoms with E-state index in [0.717, 1.165) is 49.9 Å². The van der Waals surface area contributed by atoms with Gasteiger partial charge in [-0.15, -0.1) is 0 Å². The fraction of sp³-hybridized carbons (Fsp3) is 0.483. The second kappa shape index (κ2) is 10.6. The molecule has 0 spiro atoms. The second-order valence-electron chi connectivity index (χ2n) is 10.8. The van der Waals surface area contributed by atoms with Crippen LogP contribution in [0.15, 0.2) is 42.5 Å². The lowest BCUT2D eigenvalue weighted by atomic mass is 9.84. The summed E-state index contributed by atoms with van der Waals surface area (Å²) in [6.45, 7) is -0.852. The highest BCUT2D eigenvalue weighted by atomic mass is 19.3. The van der Waals surface area contributed by atoms with Gasteiger partial charge in [-0.25, -0.2) is 0 Å². The Hall–Kier alpha value is -3.53. The second-order valence-corrected chi connectivity index (χ2v) is 10.8. The number of alkyl halides is 2. The van der Waals surface area contributed by atoms with Crippen LogP contribution in [-0.2, 0) is 16.1 Å². The monoisotopic (exact) mass is 539 g/mol. The Morgan fingerprint density at radius 1 is 0.949 bits per heavy atom. The number of benzene rings is 2. The van der Waals surface area contributed by atoms with E-state index >= 15 is 0 Å². The highest BCUT2D eigenvalue weighted by Crippen LogP contribution is 2.37. The van der Waals surface area contributed by atoms with E-state index in [1.807, 2.05) is 18.2 Å². The molecule has 6 rings (SSSR count). The minimum atomic E-state index is -2.84. The first kappa shape index (κ1) is 25.7. The molecular formula is C29H31F2N3O5. The number of piperidine rings is 1. The van der Waals surface area contributed by atoms with Gasteiger partial charge in [-0.2, -0.15) is 8.78 Å². The number of nitrogens with zero attached hydrogens (tertiary/aromatic N) is 2. The summed E-state index contributed by atoms with van der Waals surface area (Å²) in [6.07, 6.45) is 4.73. The van der Waals surface area contributed by atoms with Gasteiger partial charge in [0.15, 0.2) is 0 Å². The Kier molecular flexibility index (Phi) is 6.97. The van der Waals surface area contributed by atoms with E-state index in [1.165, 1.54) is 0 Å². The third-order valence-corrected chi connectivity index (χ3v) is 8.38. The van der Waals surface area contributed by atoms with E-state index in [2.05, 4.69) is 15.0 Å². The van der Waals surface area contributed by atoms with Crippen molar-refractivity contribution in [1.29, 1.82) is 0 Å². The molecule has 3 atom stereocenters. The predicted octanol–water partition coefficient (Wildman–Crippen LogP) is 3.84. The fourth-order valence-corrected chi connectivity index (χ4v) is 6.37. The molecule has 4 aliphatic rings. The van der Waals surface area contributed by atoms with Gasteiger partial charge < -0.3 is 14.4 Å². The van der Waals surface area contributed by atoms with Crippen molar-refractivity contribution in [3.05, 3.63) is 59.2 Å². The standard InChI is InChI=1S/C29H31F2N3O5/c30-29(31)39-20-5-3-4-17(12-20)19-14-33(15-19)23-6-1-2-7-25(23)38-21-8-9-22-18(13-21)16-34(28(22)37)24-10-11-26(35)32-27(24)36/h3-5,8-9,12-13,19,23-25,29H,1-2,6-7,10-11,14-16H2,(H,32,35,36)/t23-,24?,25+/m1/s1. The van der Waals surface area contributed by atoms with Crippen LogP contribution in [0.5, 0.6) is 11.5 Å². The summed E-state index contributed by atoms with van der Waals surface area (Å²) in [5.41, 5.74) is 2.39. The molecule has 3 aliphatic heterocycles. The van der Waals surface area contributed by atoms with Crippen molar-refractivity contribution < 1.29 is 32.6 Å². The molecule has 10 heteroatoms. The fourth-order valence-electron chi connectivity index (χ4n) is 6.37. The van der Waals surface area contributed by atoms with Crippen molar-refractivity contribution in [3.63, 3.8) is 0 Å². The summed E-state index contributed by atoms with van der Waals surface area (Å²) in [6, 6.07) is 12.1. The molecular weight excluding hydrogens is 508 g/mol. The van der Waals surface area contributed by atoms with E-state index in [-0.39, 0.29) is 42.0 Å². The summed E-state index contributed by atoms with van der Waals surface area (Å²) < 4.78 is 36.3. The maximum absolute atomic E-state index is 13.0. The largest absolute Gasteiger partial charge is 0.489 e. The minimum Gasteiger partial charge on any atom is -0.489 e. The van der Waals surface area contributed by atoms with Crippen molar-refractivity contribution >= 4 is 17.7 Å². The van der Waals surface area contributed by atoms with E-state index in [1.54, 1.807) is 29.2 Å². The summed E-state index contributed by atoms with van der Waals surface area (Å²) in [5.74, 6) is 0.230. The summed E-state index contributed by atoms with van der Waals surface area (Å²) in [4.78, 5) is 40.8. The van der Waals surface area contributed by atoms with Gasteiger partial charge in [0.05, 0.1) is 0 Å². The number of carbonyl (C=O) groups excluding carboxylic acids is 3. The number of amides is 3. The van der Waals surface area contributed by atoms with E-state index in [0.29, 0.717) is 24.3 Å². The maximum atomic E-state index is 13.0. The first-order valence-corrected chi connectivity index (χ1v) is 13.6. The third-order valence-electron chi connectivity index (χ3n) is 8.38. The highest BCUT2D eigenvalue weighted by Gasteiger charge is 2.41. The van der Waals surface area contributed by atoms with Crippen molar-refractivity contribution in [2.75, 3.05) is 13.1 Å². The van der Waals surface area contributed by atoms with Gasteiger partial charge in [0, 0.05) is 43.6 Å². The van der Waals surface area contributed by atoms with Crippen LogP contribution in [0.4, 0.5) is 8.78 Å². The van der Waals surface area contributed by atoms with Crippen LogP contribution in [0.2, 0.25) is 0 Å². The maximum Gasteiger partial charge on any atom is 0.387 e. The molecule has 3 fully saturated rings. The van der Waals surface area contributed by atoms with Crippen LogP contribution < -0.4 is 14.8 Å². The number of hydrogen-bond donors (Lipinski definition) is 1. The van der Waals surface area contributed by atoms with Gasteiger partial charge in [-0.3, -0.25) is 24.6 Å². The van der Waals surface area contributed by atoms with Gasteiger partial charge in [-0.05, 0) is 67.1 Å². The highest BCUT2D eigenvalue weighted by molar-refractivity contribution is 6.05. The number of fused-ring (bicyclic) bond motifs is 1. The third kappa shape index (κ3) is 5.22. The van der Waals surface area contributed by atoms with Crippen LogP contribution in [0.25, 0.3) is 0 Å². The first-order chi connectivity index (χ1) is 18.9. The Morgan fingerprint density at radius 2 is 1.77 bits per heavy atom. The Labute approximate surface area is 225 Å². The lowest BCUT2D eigenvalue weighted by molar-refractivity contribution is -0.136. The van der Waals surface area contributed by atoms with Gasteiger partial charge in [-0.1, -0.05) is 18.6 Å². The van der Waals surface area contributed by atoms with Crippen LogP contribution in [0.1, 0.15) is 65.9 Å². The topological polar surface area (TPSA) is 88.2 Å². The number of rotatable bonds is 7. The SMILES string of the molecule is O=C1CCC(N2Cc3cc(O[C@H]4CCCC[C@H]4N4CC(c5cccc(OC(F)F)c5)C4)ccc3C2=O)C(=O)N1. The van der Waals surface area contributed by atoms with Gasteiger partial charge in [0.2, 0.25) is 11.8 Å². The zero-order valence-corrected chi connectivity index (χ0v) is 21.5. The molecule has 1 aliphatic carbocycles. The van der Waals surface area contributed by atoms with Crippen molar-refractivity contribution in [2.45, 2.75) is 75.8 Å². The molecule has 1 saturated carbocycles. The summed E-state index contributed by atoms with van der Waals surface area (Å²) in [7, 11) is 0. The normalized spacial score (nSPS) is 25.9. The summed E-state index contributed by atoms with van der Waals surface area (Å²) >= 11 is 0. The minimum absolute atomic E-state index is 0.00888. The van der Waals surface area contributed by atoms with Crippen LogP contribution >= 0.6 is 0 Å². The lowest BCUT2D eigenvalue weighted by Crippen LogP contribution is -2.57. The molecule has 1 unspecified atom stereocenters. The average molecular weight is 540 g/mol. The van der Waals surface area contributed by atoms with Crippen LogP contribution in [0, 0.1) is 0 Å². The van der Waals surface area contributed by atoms with Gasteiger partial charge in [0.1, 0.15) is 23.6 Å². The molecule has 39 heavy (non-hydrogen) atoms. The number of nitrogens with one attached hydrogen (secondary N) is 1. The van der Waals surface area contributed by atoms with E-state index < -0.39 is 18.6 Å². The molecule has 206 valence electrons. The van der Waals surface area contributed by atoms with Gasteiger partial charge in [0.25, 0.3) is 5.91 Å². The molecule has 3 amide bonds. The molecule has 8 nitrogen and oxygen atoms in total. The Bertz CT molecular complexity index is 1280. The smallest absolute Gasteiger partial charge is 0.387 e. The number of likely N-dealkylation sites (tertiary alicyclic amines) is 1. The van der Waals surface area contributed by atoms with E-state index in [4.69, 9.17) is 4.74 Å². The Morgan fingerprint density at radius 3 is 2.56 bits per heavy atom. The molecule has 0 radical (unpaired) electrons. The van der Waals surface area contributed by atoms with Crippen molar-refractivity contribution in [3.8, 4) is 11.5 Å². The van der Waals surface area contributed by atoms with Crippen LogP contribution in [0.3, 0.4) is 0 Å². The number of hydrogen-bond acceptors (Lipinski definition) is 6. The molecule has 1 N–H and O–H groups in total. The average Bonchev–Trinajstić information content (AvgIpc) is 3.19. The number of imide groups is 1. The number of halogens is 2. The number of ether oxygens (including phenoxy) is 2. The molecule has 0 bridgehead atoms. The molecule has 2 saturated heterocycles. The molecule has 2 aromatic rings. The zero-order valence-electron chi connectivity index (χ0n) is 21.5. The number of carbonyl (C=O) groups is 3. The Balaban J connectivity index is 1.10. The zero-order chi connectivity index (χ0) is 27.1. The van der Waals surface area contributed by atoms with Crippen molar-refractivity contribution in [2.24, 2.45) is 0 Å². The predicted molar refractivity (Wildman–Crippen MR) is 137 cm³/mol. The molecule has 3 heterocycles. The lowest BCUT2D eigenvalue weighted by Gasteiger charge is -2.48. The first-order valence-electron chi connectivity index (χ1n) is 13.6. The molecule has 0 aromatic heterocycles.